The molecule has 5 atom stereocenters. The molecule has 0 unspecified atom stereocenters. The van der Waals surface area contributed by atoms with Gasteiger partial charge in [0.2, 0.25) is 5.79 Å². The molecule has 0 radical (unpaired) electrons. The third-order valence-corrected chi connectivity index (χ3v) is 7.58. The zero-order valence-corrected chi connectivity index (χ0v) is 21.4. The predicted molar refractivity (Wildman–Crippen MR) is 134 cm³/mol. The number of aliphatic hydroxyl groups is 5. The molecule has 1 saturated heterocycles. The van der Waals surface area contributed by atoms with Gasteiger partial charge in [0, 0.05) is 29.1 Å². The number of fused-ring (bicyclic) bond motifs is 3. The number of hydrogen-bond donors (Lipinski definition) is 5. The minimum atomic E-state index is -2.60. The van der Waals surface area contributed by atoms with E-state index >= 15 is 0 Å². The Morgan fingerprint density at radius 3 is 1.97 bits per heavy atom. The summed E-state index contributed by atoms with van der Waals surface area (Å²) in [5.41, 5.74) is -6.64. The lowest BCUT2D eigenvalue weighted by Gasteiger charge is -2.51. The van der Waals surface area contributed by atoms with E-state index in [0.717, 1.165) is 0 Å². The average Bonchev–Trinajstić information content (AvgIpc) is 3.01. The Bertz CT molecular complexity index is 1210. The zero-order chi connectivity index (χ0) is 27.3. The quantitative estimate of drug-likeness (QED) is 0.221. The van der Waals surface area contributed by atoms with Crippen molar-refractivity contribution in [2.45, 2.75) is 65.0 Å². The summed E-state index contributed by atoms with van der Waals surface area (Å²) in [7, 11) is 0. The highest BCUT2D eigenvalue weighted by molar-refractivity contribution is 6.09. The Morgan fingerprint density at radius 1 is 0.917 bits per heavy atom. The van der Waals surface area contributed by atoms with Gasteiger partial charge in [0.25, 0.3) is 0 Å². The molecule has 5 N–H and O–H groups in total. The molecule has 194 valence electrons. The van der Waals surface area contributed by atoms with Gasteiger partial charge in [-0.3, -0.25) is 9.59 Å². The Labute approximate surface area is 210 Å². The summed E-state index contributed by atoms with van der Waals surface area (Å²) >= 11 is 0. The van der Waals surface area contributed by atoms with Crippen LogP contribution in [-0.2, 0) is 14.3 Å². The van der Waals surface area contributed by atoms with E-state index in [-0.39, 0.29) is 16.7 Å². The standard InChI is InChI=1S/C28H34O8/c1-7-9-11-13-18(29)17-15-25(4,34)28(35)26(5,24(17)33)22-20(19(30)14-12-10-8-2)21(31)16(3)23(32)27(22,6)36-28/h7-14,22,29-31,34-35H,15H2,1-6H3/b9-7+,10-8+,13-11+,14-12+,18-17?,20-19?/t22-,25+,26-,27+,28+/m1/s1. The molecule has 1 aliphatic heterocycles. The van der Waals surface area contributed by atoms with Gasteiger partial charge < -0.3 is 30.3 Å². The van der Waals surface area contributed by atoms with Crippen LogP contribution in [0.2, 0.25) is 0 Å². The third kappa shape index (κ3) is 3.55. The van der Waals surface area contributed by atoms with Gasteiger partial charge in [-0.15, -0.1) is 0 Å². The molecule has 2 aliphatic carbocycles. The van der Waals surface area contributed by atoms with Gasteiger partial charge in [-0.2, -0.15) is 0 Å². The maximum Gasteiger partial charge on any atom is 0.209 e. The Morgan fingerprint density at radius 2 is 1.44 bits per heavy atom. The molecule has 8 heteroatoms. The summed E-state index contributed by atoms with van der Waals surface area (Å²) in [6, 6.07) is 0. The van der Waals surface area contributed by atoms with Crippen LogP contribution in [0.3, 0.4) is 0 Å². The third-order valence-electron chi connectivity index (χ3n) is 7.58. The van der Waals surface area contributed by atoms with Crippen LogP contribution in [0.1, 0.15) is 48.0 Å². The van der Waals surface area contributed by atoms with Crippen molar-refractivity contribution in [1.29, 1.82) is 0 Å². The predicted octanol–water partition coefficient (Wildman–Crippen LogP) is 4.11. The summed E-state index contributed by atoms with van der Waals surface area (Å²) in [4.78, 5) is 27.5. The van der Waals surface area contributed by atoms with Crippen molar-refractivity contribution in [3.05, 3.63) is 82.6 Å². The van der Waals surface area contributed by atoms with Gasteiger partial charge in [-0.25, -0.2) is 0 Å². The number of carbonyl (C=O) groups is 2. The number of Topliss-reactive ketones (excluding diaryl/α,β-unsaturated/α-hetero) is 2. The highest BCUT2D eigenvalue weighted by atomic mass is 16.7. The second-order valence-electron chi connectivity index (χ2n) is 10.0. The molecule has 0 spiro atoms. The first kappa shape index (κ1) is 27.4. The molecular weight excluding hydrogens is 464 g/mol. The Kier molecular flexibility index (Phi) is 6.87. The first-order chi connectivity index (χ1) is 16.7. The van der Waals surface area contributed by atoms with Gasteiger partial charge in [0.15, 0.2) is 11.6 Å². The van der Waals surface area contributed by atoms with Crippen LogP contribution in [0, 0.1) is 11.3 Å². The molecular formula is C28H34O8. The van der Waals surface area contributed by atoms with Crippen molar-refractivity contribution in [3.63, 3.8) is 0 Å². The number of allylic oxidation sites excluding steroid dienone is 9. The molecule has 3 aliphatic rings. The Balaban J connectivity index is 2.41. The minimum absolute atomic E-state index is 0.124. The lowest BCUT2D eigenvalue weighted by molar-refractivity contribution is -0.326. The van der Waals surface area contributed by atoms with Crippen LogP contribution in [0.25, 0.3) is 0 Å². The highest BCUT2D eigenvalue weighted by Gasteiger charge is 2.81. The number of ketones is 2. The van der Waals surface area contributed by atoms with Gasteiger partial charge in [-0.05, 0) is 53.7 Å². The van der Waals surface area contributed by atoms with Crippen LogP contribution < -0.4 is 0 Å². The number of aliphatic hydroxyl groups excluding tert-OH is 3. The maximum atomic E-state index is 14.1. The minimum Gasteiger partial charge on any atom is -0.508 e. The summed E-state index contributed by atoms with van der Waals surface area (Å²) in [6.45, 7) is 8.82. The topological polar surface area (TPSA) is 145 Å². The van der Waals surface area contributed by atoms with Crippen molar-refractivity contribution >= 4 is 11.6 Å². The molecule has 36 heavy (non-hydrogen) atoms. The monoisotopic (exact) mass is 498 g/mol. The SMILES string of the molecule is C/C=C/C=C/C(O)=C1C[C@](C)(O)[C@]2(O)O[C@]3(C)C(=O)C(C)=C(O)C(=C(O)/C=C/C=C/C)[C@@H]3[C@]2(C)C1=O. The average molecular weight is 499 g/mol. The molecule has 0 amide bonds. The zero-order valence-electron chi connectivity index (χ0n) is 21.4. The first-order valence-corrected chi connectivity index (χ1v) is 11.7. The van der Waals surface area contributed by atoms with E-state index in [1.54, 1.807) is 38.2 Å². The largest absolute Gasteiger partial charge is 0.508 e. The van der Waals surface area contributed by atoms with Gasteiger partial charge in [0.05, 0.1) is 5.41 Å². The summed E-state index contributed by atoms with van der Waals surface area (Å²) in [5, 5.41) is 56.1. The van der Waals surface area contributed by atoms with Crippen molar-refractivity contribution in [1.82, 2.24) is 0 Å². The van der Waals surface area contributed by atoms with Crippen molar-refractivity contribution in [2.24, 2.45) is 11.3 Å². The van der Waals surface area contributed by atoms with Crippen LogP contribution in [-0.4, -0.2) is 54.1 Å². The lowest BCUT2D eigenvalue weighted by atomic mass is 9.52. The van der Waals surface area contributed by atoms with Gasteiger partial charge in [-0.1, -0.05) is 36.5 Å². The van der Waals surface area contributed by atoms with Crippen molar-refractivity contribution in [2.75, 3.05) is 0 Å². The molecule has 3 rings (SSSR count). The second kappa shape index (κ2) is 9.03. The normalized spacial score (nSPS) is 40.2. The van der Waals surface area contributed by atoms with E-state index in [9.17, 15) is 35.1 Å². The highest BCUT2D eigenvalue weighted by Crippen LogP contribution is 2.67. The van der Waals surface area contributed by atoms with E-state index < -0.39 is 63.6 Å². The van der Waals surface area contributed by atoms with Crippen LogP contribution in [0.5, 0.6) is 0 Å². The summed E-state index contributed by atoms with van der Waals surface area (Å²) in [5.74, 6) is -6.90. The lowest BCUT2D eigenvalue weighted by Crippen LogP contribution is -2.68. The van der Waals surface area contributed by atoms with Gasteiger partial charge in [0.1, 0.15) is 28.5 Å². The van der Waals surface area contributed by atoms with E-state index in [1.807, 2.05) is 0 Å². The molecule has 0 aromatic rings. The molecule has 8 nitrogen and oxygen atoms in total. The van der Waals surface area contributed by atoms with E-state index in [4.69, 9.17) is 4.74 Å². The second-order valence-corrected chi connectivity index (χ2v) is 10.0. The maximum absolute atomic E-state index is 14.1. The fraction of sp³-hybridized carbons (Fsp3) is 0.429. The molecule has 0 bridgehead atoms. The van der Waals surface area contributed by atoms with Crippen LogP contribution >= 0.6 is 0 Å². The number of hydrogen-bond acceptors (Lipinski definition) is 8. The fourth-order valence-corrected chi connectivity index (χ4v) is 5.77. The number of carbonyl (C=O) groups excluding carboxylic acids is 2. The molecule has 1 heterocycles. The van der Waals surface area contributed by atoms with Crippen LogP contribution in [0.4, 0.5) is 0 Å². The number of rotatable bonds is 4. The molecule has 1 saturated carbocycles. The summed E-state index contributed by atoms with van der Waals surface area (Å²) in [6.07, 6.45) is 11.8. The van der Waals surface area contributed by atoms with Crippen LogP contribution in [0.15, 0.2) is 82.6 Å². The van der Waals surface area contributed by atoms with Crippen molar-refractivity contribution in [3.8, 4) is 0 Å². The Hall–Kier alpha value is -3.20. The fourth-order valence-electron chi connectivity index (χ4n) is 5.77. The smallest absolute Gasteiger partial charge is 0.209 e. The molecule has 0 aromatic heterocycles. The molecule has 2 fully saturated rings. The number of ether oxygens (including phenoxy) is 1. The first-order valence-electron chi connectivity index (χ1n) is 11.7. The van der Waals surface area contributed by atoms with Gasteiger partial charge >= 0.3 is 0 Å². The van der Waals surface area contributed by atoms with E-state index in [1.165, 1.54) is 52.0 Å². The van der Waals surface area contributed by atoms with Crippen molar-refractivity contribution < 1.29 is 39.9 Å². The summed E-state index contributed by atoms with van der Waals surface area (Å²) < 4.78 is 5.97. The van der Waals surface area contributed by atoms with E-state index in [0.29, 0.717) is 0 Å². The van der Waals surface area contributed by atoms with E-state index in [2.05, 4.69) is 0 Å². The molecule has 0 aromatic carbocycles.